The van der Waals surface area contributed by atoms with E-state index in [0.29, 0.717) is 23.7 Å². The van der Waals surface area contributed by atoms with E-state index < -0.39 is 12.0 Å². The molecular weight excluding hydrogens is 254 g/mol. The molecule has 0 aliphatic heterocycles. The highest BCUT2D eigenvalue weighted by Gasteiger charge is 2.49. The van der Waals surface area contributed by atoms with Crippen LogP contribution in [0.5, 0.6) is 0 Å². The summed E-state index contributed by atoms with van der Waals surface area (Å²) in [7, 11) is 0. The minimum atomic E-state index is -1.01. The lowest BCUT2D eigenvalue weighted by Gasteiger charge is -2.55. The Kier molecular flexibility index (Phi) is 2.67. The highest BCUT2D eigenvalue weighted by atomic mass is 16.4. The molecule has 4 fully saturated rings. The number of hydrogen-bond acceptors (Lipinski definition) is 3. The van der Waals surface area contributed by atoms with Crippen molar-refractivity contribution in [2.45, 2.75) is 44.2 Å². The number of rotatable bonds is 3. The zero-order valence-corrected chi connectivity index (χ0v) is 11.5. The molecule has 0 spiro atoms. The monoisotopic (exact) mass is 275 g/mol. The molecule has 20 heavy (non-hydrogen) atoms. The zero-order valence-electron chi connectivity index (χ0n) is 11.5. The van der Waals surface area contributed by atoms with E-state index in [4.69, 9.17) is 10.8 Å². The van der Waals surface area contributed by atoms with E-state index in [1.807, 2.05) is 6.20 Å². The van der Waals surface area contributed by atoms with Crippen LogP contribution in [-0.4, -0.2) is 20.6 Å². The third-order valence-corrected chi connectivity index (χ3v) is 5.74. The molecule has 0 saturated heterocycles. The molecular formula is C15H21N3O2. The second-order valence-electron chi connectivity index (χ2n) is 6.93. The number of aliphatic carboxylic acids is 1. The quantitative estimate of drug-likeness (QED) is 0.883. The number of nitrogens with zero attached hydrogens (tertiary/aromatic N) is 2. The normalized spacial score (nSPS) is 40.0. The highest BCUT2D eigenvalue weighted by molar-refractivity contribution is 5.74. The van der Waals surface area contributed by atoms with E-state index >= 15 is 0 Å². The summed E-state index contributed by atoms with van der Waals surface area (Å²) < 4.78 is 2.09. The molecule has 5 heteroatoms. The van der Waals surface area contributed by atoms with E-state index in [0.717, 1.165) is 11.8 Å². The maximum Gasteiger partial charge on any atom is 0.328 e. The van der Waals surface area contributed by atoms with Gasteiger partial charge in [0.15, 0.2) is 6.04 Å². The Balaban J connectivity index is 1.68. The van der Waals surface area contributed by atoms with Gasteiger partial charge < -0.3 is 15.4 Å². The maximum absolute atomic E-state index is 11.2. The predicted molar refractivity (Wildman–Crippen MR) is 72.9 cm³/mol. The van der Waals surface area contributed by atoms with Crippen molar-refractivity contribution < 1.29 is 9.90 Å². The van der Waals surface area contributed by atoms with Crippen LogP contribution in [0.2, 0.25) is 0 Å². The number of carboxylic acid groups (broad SMARTS) is 1. The molecule has 0 radical (unpaired) electrons. The average Bonchev–Trinajstić information content (AvgIpc) is 2.85. The molecule has 0 aromatic carbocycles. The smallest absolute Gasteiger partial charge is 0.328 e. The molecule has 1 unspecified atom stereocenters. The summed E-state index contributed by atoms with van der Waals surface area (Å²) in [5.74, 6) is 2.74. The number of nitrogens with two attached hydrogens (primary N) is 1. The molecule has 4 aliphatic rings. The first-order valence-corrected chi connectivity index (χ1v) is 7.64. The molecule has 3 N–H and O–H groups in total. The SMILES string of the molecule is NC(C(=O)O)c1nccn1C1C2CC3CC(C2)CC1C3. The minimum Gasteiger partial charge on any atom is -0.480 e. The zero-order chi connectivity index (χ0) is 13.9. The van der Waals surface area contributed by atoms with Crippen LogP contribution < -0.4 is 5.73 Å². The second-order valence-corrected chi connectivity index (χ2v) is 6.93. The van der Waals surface area contributed by atoms with Crippen molar-refractivity contribution >= 4 is 5.97 Å². The Bertz CT molecular complexity index is 511. The molecule has 4 bridgehead atoms. The van der Waals surface area contributed by atoms with Gasteiger partial charge in [-0.1, -0.05) is 0 Å². The summed E-state index contributed by atoms with van der Waals surface area (Å²) in [6, 6.07) is -0.590. The summed E-state index contributed by atoms with van der Waals surface area (Å²) in [5, 5.41) is 9.15. The maximum atomic E-state index is 11.2. The lowest BCUT2D eigenvalue weighted by atomic mass is 9.54. The lowest BCUT2D eigenvalue weighted by Crippen LogP contribution is -2.46. The van der Waals surface area contributed by atoms with Gasteiger partial charge in [-0.15, -0.1) is 0 Å². The van der Waals surface area contributed by atoms with Gasteiger partial charge in [0.05, 0.1) is 0 Å². The van der Waals surface area contributed by atoms with Gasteiger partial charge in [0, 0.05) is 18.4 Å². The molecule has 1 heterocycles. The summed E-state index contributed by atoms with van der Waals surface area (Å²) in [6.45, 7) is 0. The lowest BCUT2D eigenvalue weighted by molar-refractivity contribution is -0.139. The van der Waals surface area contributed by atoms with Crippen LogP contribution in [0.1, 0.15) is 50.0 Å². The molecule has 108 valence electrons. The highest BCUT2D eigenvalue weighted by Crippen LogP contribution is 2.58. The van der Waals surface area contributed by atoms with Crippen LogP contribution in [0.15, 0.2) is 12.4 Å². The van der Waals surface area contributed by atoms with Gasteiger partial charge in [-0.25, -0.2) is 4.98 Å². The molecule has 5 nitrogen and oxygen atoms in total. The first-order valence-electron chi connectivity index (χ1n) is 7.64. The van der Waals surface area contributed by atoms with Crippen LogP contribution in [0.4, 0.5) is 0 Å². The predicted octanol–water partition coefficient (Wildman–Crippen LogP) is 1.96. The molecule has 0 amide bonds. The fraction of sp³-hybridized carbons (Fsp3) is 0.733. The van der Waals surface area contributed by atoms with Gasteiger partial charge in [-0.05, 0) is 55.8 Å². The van der Waals surface area contributed by atoms with E-state index in [1.54, 1.807) is 6.20 Å². The minimum absolute atomic E-state index is 0.422. The van der Waals surface area contributed by atoms with Gasteiger partial charge in [0.2, 0.25) is 0 Å². The Labute approximate surface area is 118 Å². The number of imidazole rings is 1. The van der Waals surface area contributed by atoms with Crippen LogP contribution >= 0.6 is 0 Å². The second kappa shape index (κ2) is 4.32. The van der Waals surface area contributed by atoms with E-state index in [-0.39, 0.29) is 0 Å². The fourth-order valence-corrected chi connectivity index (χ4v) is 5.28. The third kappa shape index (κ3) is 1.72. The van der Waals surface area contributed by atoms with Crippen LogP contribution in [-0.2, 0) is 4.79 Å². The van der Waals surface area contributed by atoms with Crippen molar-refractivity contribution in [3.05, 3.63) is 18.2 Å². The van der Waals surface area contributed by atoms with Gasteiger partial charge in [0.1, 0.15) is 5.82 Å². The first kappa shape index (κ1) is 12.4. The number of aromatic nitrogens is 2. The standard InChI is InChI=1S/C15H21N3O2/c16-12(15(19)20)14-17-1-2-18(14)13-10-4-8-3-9(6-10)7-11(13)5-8/h1-2,8-13H,3-7,16H2,(H,19,20). The van der Waals surface area contributed by atoms with Crippen LogP contribution in [0, 0.1) is 23.7 Å². The Morgan fingerprint density at radius 1 is 1.25 bits per heavy atom. The fourth-order valence-electron chi connectivity index (χ4n) is 5.28. The van der Waals surface area contributed by atoms with Crippen molar-refractivity contribution in [1.29, 1.82) is 0 Å². The largest absolute Gasteiger partial charge is 0.480 e. The average molecular weight is 275 g/mol. The molecule has 1 atom stereocenters. The molecule has 4 aliphatic carbocycles. The van der Waals surface area contributed by atoms with Crippen molar-refractivity contribution in [3.8, 4) is 0 Å². The number of carboxylic acids is 1. The van der Waals surface area contributed by atoms with Gasteiger partial charge in [-0.2, -0.15) is 0 Å². The number of carbonyl (C=O) groups is 1. The van der Waals surface area contributed by atoms with Gasteiger partial charge >= 0.3 is 5.97 Å². The summed E-state index contributed by atoms with van der Waals surface area (Å²) in [6.07, 6.45) is 10.3. The summed E-state index contributed by atoms with van der Waals surface area (Å²) >= 11 is 0. The Morgan fingerprint density at radius 3 is 2.40 bits per heavy atom. The summed E-state index contributed by atoms with van der Waals surface area (Å²) in [5.41, 5.74) is 5.79. The topological polar surface area (TPSA) is 81.1 Å². The molecule has 1 aromatic heterocycles. The first-order chi connectivity index (χ1) is 9.63. The molecule has 4 saturated carbocycles. The van der Waals surface area contributed by atoms with Crippen LogP contribution in [0.3, 0.4) is 0 Å². The Hall–Kier alpha value is -1.36. The van der Waals surface area contributed by atoms with Crippen LogP contribution in [0.25, 0.3) is 0 Å². The van der Waals surface area contributed by atoms with Crippen molar-refractivity contribution in [2.24, 2.45) is 29.4 Å². The van der Waals surface area contributed by atoms with Crippen molar-refractivity contribution in [3.63, 3.8) is 0 Å². The van der Waals surface area contributed by atoms with E-state index in [9.17, 15) is 4.79 Å². The van der Waals surface area contributed by atoms with E-state index in [2.05, 4.69) is 9.55 Å². The molecule has 5 rings (SSSR count). The third-order valence-electron chi connectivity index (χ3n) is 5.74. The van der Waals surface area contributed by atoms with E-state index in [1.165, 1.54) is 32.1 Å². The van der Waals surface area contributed by atoms with Gasteiger partial charge in [0.25, 0.3) is 0 Å². The van der Waals surface area contributed by atoms with Gasteiger partial charge in [-0.3, -0.25) is 4.79 Å². The van der Waals surface area contributed by atoms with Crippen molar-refractivity contribution in [1.82, 2.24) is 9.55 Å². The summed E-state index contributed by atoms with van der Waals surface area (Å²) in [4.78, 5) is 15.4. The van der Waals surface area contributed by atoms with Crippen molar-refractivity contribution in [2.75, 3.05) is 0 Å². The Morgan fingerprint density at radius 2 is 1.85 bits per heavy atom. The molecule has 1 aromatic rings. The number of hydrogen-bond donors (Lipinski definition) is 2.